The average Bonchev–Trinajstić information content (AvgIpc) is 3.55. The Balaban J connectivity index is 1.27. The van der Waals surface area contributed by atoms with Crippen molar-refractivity contribution in [2.75, 3.05) is 13.2 Å². The van der Waals surface area contributed by atoms with Crippen molar-refractivity contribution >= 4 is 22.8 Å². The zero-order valence-electron chi connectivity index (χ0n) is 16.9. The number of nitrogens with one attached hydrogen (secondary N) is 1. The number of benzene rings is 1. The molecule has 0 bridgehead atoms. The minimum atomic E-state index is -0.188. The third-order valence-corrected chi connectivity index (χ3v) is 6.25. The molecule has 3 aromatic heterocycles. The lowest BCUT2D eigenvalue weighted by atomic mass is 10.0. The summed E-state index contributed by atoms with van der Waals surface area (Å²) in [6.45, 7) is 3.32. The number of rotatable bonds is 4. The summed E-state index contributed by atoms with van der Waals surface area (Å²) in [5.74, 6) is 0.376. The van der Waals surface area contributed by atoms with E-state index in [1.54, 1.807) is 0 Å². The molecule has 4 aromatic rings. The number of halogens is 1. The normalized spacial score (nSPS) is 25.2. The monoisotopic (exact) mass is 436 g/mol. The third kappa shape index (κ3) is 3.29. The lowest BCUT2D eigenvalue weighted by Gasteiger charge is -2.15. The summed E-state index contributed by atoms with van der Waals surface area (Å²) in [4.78, 5) is 12.4. The van der Waals surface area contributed by atoms with Crippen LogP contribution < -0.4 is 4.74 Å². The maximum atomic E-state index is 6.55. The molecule has 6 rings (SSSR count). The molecule has 0 aliphatic carbocycles. The Morgan fingerprint density at radius 1 is 1.06 bits per heavy atom. The summed E-state index contributed by atoms with van der Waals surface area (Å²) in [7, 11) is 0. The van der Waals surface area contributed by atoms with Gasteiger partial charge in [0, 0.05) is 29.6 Å². The highest BCUT2D eigenvalue weighted by molar-refractivity contribution is 6.33. The number of aromatic nitrogens is 4. The molecule has 8 heteroatoms. The van der Waals surface area contributed by atoms with Crippen LogP contribution in [-0.4, -0.2) is 51.0 Å². The molecule has 2 aliphatic heterocycles. The van der Waals surface area contributed by atoms with Crippen molar-refractivity contribution in [2.24, 2.45) is 5.92 Å². The van der Waals surface area contributed by atoms with Crippen molar-refractivity contribution in [2.45, 2.75) is 25.2 Å². The van der Waals surface area contributed by atoms with Crippen molar-refractivity contribution in [3.63, 3.8) is 0 Å². The minimum absolute atomic E-state index is 0.0610. The number of imidazole rings is 1. The van der Waals surface area contributed by atoms with Crippen LogP contribution in [0.2, 0.25) is 5.02 Å². The first-order chi connectivity index (χ1) is 15.2. The van der Waals surface area contributed by atoms with Crippen molar-refractivity contribution in [3.8, 4) is 23.0 Å². The van der Waals surface area contributed by atoms with E-state index in [1.807, 2.05) is 59.4 Å². The molecular formula is C23H21ClN4O3. The van der Waals surface area contributed by atoms with E-state index in [2.05, 4.69) is 21.9 Å². The van der Waals surface area contributed by atoms with Crippen LogP contribution in [-0.2, 0) is 9.47 Å². The van der Waals surface area contributed by atoms with Crippen molar-refractivity contribution in [1.82, 2.24) is 19.5 Å². The van der Waals surface area contributed by atoms with E-state index in [1.165, 1.54) is 0 Å². The van der Waals surface area contributed by atoms with Crippen LogP contribution in [0.3, 0.4) is 0 Å². The Morgan fingerprint density at radius 2 is 1.84 bits per heavy atom. The van der Waals surface area contributed by atoms with Crippen LogP contribution in [0.1, 0.15) is 6.92 Å². The molecule has 158 valence electrons. The zero-order valence-corrected chi connectivity index (χ0v) is 17.6. The predicted molar refractivity (Wildman–Crippen MR) is 117 cm³/mol. The van der Waals surface area contributed by atoms with Gasteiger partial charge in [-0.25, -0.2) is 4.98 Å². The lowest BCUT2D eigenvalue weighted by molar-refractivity contribution is 0.0262. The molecule has 0 amide bonds. The van der Waals surface area contributed by atoms with Gasteiger partial charge in [0.15, 0.2) is 11.8 Å². The first kappa shape index (κ1) is 18.9. The number of nitrogens with zero attached hydrogens (tertiary/aromatic N) is 3. The summed E-state index contributed by atoms with van der Waals surface area (Å²) in [5, 5.41) is 0.550. The smallest absolute Gasteiger partial charge is 0.296 e. The van der Waals surface area contributed by atoms with Gasteiger partial charge in [-0.1, -0.05) is 30.7 Å². The van der Waals surface area contributed by atoms with Gasteiger partial charge >= 0.3 is 0 Å². The summed E-state index contributed by atoms with van der Waals surface area (Å²) >= 11 is 6.55. The van der Waals surface area contributed by atoms with Gasteiger partial charge in [0.25, 0.3) is 6.01 Å². The maximum Gasteiger partial charge on any atom is 0.296 e. The van der Waals surface area contributed by atoms with Crippen molar-refractivity contribution in [3.05, 3.63) is 59.9 Å². The van der Waals surface area contributed by atoms with E-state index in [4.69, 9.17) is 25.8 Å². The third-order valence-electron chi connectivity index (χ3n) is 5.97. The number of pyridine rings is 1. The second-order valence-corrected chi connectivity index (χ2v) is 8.51. The minimum Gasteiger partial charge on any atom is -0.456 e. The molecule has 0 saturated carbocycles. The summed E-state index contributed by atoms with van der Waals surface area (Å²) in [6.07, 6.45) is 3.85. The van der Waals surface area contributed by atoms with Crippen LogP contribution in [0.4, 0.5) is 0 Å². The number of hydrogen-bond donors (Lipinski definition) is 1. The van der Waals surface area contributed by atoms with Gasteiger partial charge < -0.3 is 23.8 Å². The van der Waals surface area contributed by atoms with E-state index in [9.17, 15) is 0 Å². The molecule has 7 nitrogen and oxygen atoms in total. The molecule has 5 heterocycles. The van der Waals surface area contributed by atoms with Crippen LogP contribution in [0.15, 0.2) is 54.9 Å². The summed E-state index contributed by atoms with van der Waals surface area (Å²) in [6, 6.07) is 14.3. The van der Waals surface area contributed by atoms with E-state index < -0.39 is 0 Å². The largest absolute Gasteiger partial charge is 0.456 e. The first-order valence-corrected chi connectivity index (χ1v) is 10.7. The number of ether oxygens (including phenoxy) is 3. The van der Waals surface area contributed by atoms with E-state index >= 15 is 0 Å². The molecule has 2 fully saturated rings. The molecule has 2 saturated heterocycles. The standard InChI is InChI=1S/C23H21ClN4O3/c1-13-11-29-21-18(12-30-20(13)21)31-23-25-17-10-16(24)19(26-22(17)27-23)14-4-6-15(7-5-14)28-8-2-3-9-28/h2-10,13,18,20-21H,11-12H2,1H3,(H,25,26,27)/t13-,18-,20-,21-/m1/s1. The van der Waals surface area contributed by atoms with Crippen LogP contribution in [0.5, 0.6) is 6.01 Å². The molecule has 0 spiro atoms. The summed E-state index contributed by atoms with van der Waals surface area (Å²) in [5.41, 5.74) is 3.96. The molecule has 1 N–H and O–H groups in total. The van der Waals surface area contributed by atoms with Gasteiger partial charge in [-0.05, 0) is 30.3 Å². The first-order valence-electron chi connectivity index (χ1n) is 10.4. The topological polar surface area (TPSA) is 74.2 Å². The predicted octanol–water partition coefficient (Wildman–Crippen LogP) is 4.25. The number of hydrogen-bond acceptors (Lipinski definition) is 5. The molecular weight excluding hydrogens is 416 g/mol. The fourth-order valence-corrected chi connectivity index (χ4v) is 4.61. The highest BCUT2D eigenvalue weighted by atomic mass is 35.5. The highest BCUT2D eigenvalue weighted by Crippen LogP contribution is 2.34. The lowest BCUT2D eigenvalue weighted by Crippen LogP contribution is -2.33. The Morgan fingerprint density at radius 3 is 2.65 bits per heavy atom. The fourth-order valence-electron chi connectivity index (χ4n) is 4.35. The van der Waals surface area contributed by atoms with Crippen molar-refractivity contribution < 1.29 is 14.2 Å². The molecule has 2 aliphatic rings. The van der Waals surface area contributed by atoms with Crippen LogP contribution >= 0.6 is 11.6 Å². The second kappa shape index (κ2) is 7.37. The van der Waals surface area contributed by atoms with Gasteiger partial charge in [0.05, 0.1) is 35.6 Å². The van der Waals surface area contributed by atoms with Gasteiger partial charge in [0.2, 0.25) is 0 Å². The fraction of sp³-hybridized carbons (Fsp3) is 0.304. The molecule has 1 aromatic carbocycles. The van der Waals surface area contributed by atoms with Gasteiger partial charge in [-0.3, -0.25) is 0 Å². The molecule has 0 radical (unpaired) electrons. The van der Waals surface area contributed by atoms with Gasteiger partial charge in [-0.15, -0.1) is 0 Å². The highest BCUT2D eigenvalue weighted by Gasteiger charge is 2.47. The van der Waals surface area contributed by atoms with Gasteiger partial charge in [0.1, 0.15) is 6.10 Å². The molecule has 4 atom stereocenters. The number of fused-ring (bicyclic) bond motifs is 2. The summed E-state index contributed by atoms with van der Waals surface area (Å²) < 4.78 is 19.8. The van der Waals surface area contributed by atoms with E-state index in [0.29, 0.717) is 41.5 Å². The Labute approximate surface area is 183 Å². The Hall–Kier alpha value is -2.87. The maximum absolute atomic E-state index is 6.55. The van der Waals surface area contributed by atoms with Crippen LogP contribution in [0, 0.1) is 5.92 Å². The van der Waals surface area contributed by atoms with Gasteiger partial charge in [-0.2, -0.15) is 4.98 Å². The van der Waals surface area contributed by atoms with E-state index in [-0.39, 0.29) is 18.3 Å². The number of H-pyrrole nitrogens is 1. The zero-order chi connectivity index (χ0) is 20.9. The quantitative estimate of drug-likeness (QED) is 0.517. The second-order valence-electron chi connectivity index (χ2n) is 8.10. The SMILES string of the molecule is C[C@@H]1CO[C@H]2[C@@H]1OC[C@H]2Oc1nc2nc(-c3ccc(-n4cccc4)cc3)c(Cl)cc2[nH]1. The Kier molecular flexibility index (Phi) is 4.49. The molecule has 31 heavy (non-hydrogen) atoms. The van der Waals surface area contributed by atoms with Crippen molar-refractivity contribution in [1.29, 1.82) is 0 Å². The Bertz CT molecular complexity index is 1220. The average molecular weight is 437 g/mol. The molecule has 0 unspecified atom stereocenters. The number of aromatic amines is 1. The van der Waals surface area contributed by atoms with Crippen LogP contribution in [0.25, 0.3) is 28.1 Å². The van der Waals surface area contributed by atoms with E-state index in [0.717, 1.165) is 16.8 Å².